The van der Waals surface area contributed by atoms with Gasteiger partial charge in [-0.2, -0.15) is 0 Å². The number of fused-ring (bicyclic) bond motifs is 3. The summed E-state index contributed by atoms with van der Waals surface area (Å²) in [7, 11) is 5.29. The van der Waals surface area contributed by atoms with Crippen LogP contribution in [0, 0.1) is 0 Å². The van der Waals surface area contributed by atoms with Gasteiger partial charge in [0, 0.05) is 33.3 Å². The Kier molecular flexibility index (Phi) is 6.53. The standard InChI is InChI=1S/C28H32N4O4/c1-30(2)28(35)36-20-12-10-18(11-13-20)15-19-16-22-25(26-21(19)7-6-14-31(26)3)29-17-32(27(22)34)23-8-4-5-9-24(23)33/h6-7,10-13,16-17,23-24,33H,4-5,8-9,14-15H2,1-3H3/t23-,24-/m0/s1. The van der Waals surface area contributed by atoms with Crippen molar-refractivity contribution in [1.29, 1.82) is 0 Å². The molecular formula is C28H32N4O4. The second-order valence-corrected chi connectivity index (χ2v) is 9.94. The minimum atomic E-state index is -0.529. The normalized spacial score (nSPS) is 19.3. The molecular weight excluding hydrogens is 456 g/mol. The lowest BCUT2D eigenvalue weighted by Gasteiger charge is -2.30. The van der Waals surface area contributed by atoms with E-state index in [9.17, 15) is 14.7 Å². The molecule has 3 aromatic rings. The summed E-state index contributed by atoms with van der Waals surface area (Å²) in [5, 5.41) is 11.1. The summed E-state index contributed by atoms with van der Waals surface area (Å²) in [6, 6.07) is 9.16. The number of ether oxygens (including phenoxy) is 1. The highest BCUT2D eigenvalue weighted by molar-refractivity contribution is 5.97. The van der Waals surface area contributed by atoms with Gasteiger partial charge in [0.2, 0.25) is 0 Å². The molecule has 5 rings (SSSR count). The van der Waals surface area contributed by atoms with Crippen LogP contribution in [0.5, 0.6) is 5.75 Å². The molecule has 2 aliphatic rings. The van der Waals surface area contributed by atoms with E-state index in [-0.39, 0.29) is 11.6 Å². The van der Waals surface area contributed by atoms with Gasteiger partial charge < -0.3 is 19.6 Å². The number of rotatable bonds is 4. The van der Waals surface area contributed by atoms with Gasteiger partial charge in [-0.1, -0.05) is 37.1 Å². The summed E-state index contributed by atoms with van der Waals surface area (Å²) in [5.74, 6) is 0.482. The average Bonchev–Trinajstić information content (AvgIpc) is 2.86. The van der Waals surface area contributed by atoms with Crippen LogP contribution in [0.2, 0.25) is 0 Å². The molecule has 0 spiro atoms. The van der Waals surface area contributed by atoms with Gasteiger partial charge in [-0.15, -0.1) is 0 Å². The Morgan fingerprint density at radius 3 is 2.67 bits per heavy atom. The van der Waals surface area contributed by atoms with Crippen LogP contribution in [0.1, 0.15) is 48.4 Å². The van der Waals surface area contributed by atoms with E-state index < -0.39 is 12.2 Å². The zero-order valence-electron chi connectivity index (χ0n) is 21.0. The minimum absolute atomic E-state index is 0.108. The van der Waals surface area contributed by atoms with E-state index in [1.54, 1.807) is 37.1 Å². The van der Waals surface area contributed by atoms with Gasteiger partial charge >= 0.3 is 6.09 Å². The summed E-state index contributed by atoms with van der Waals surface area (Å²) in [4.78, 5) is 33.8. The quantitative estimate of drug-likeness (QED) is 0.598. The molecule has 36 heavy (non-hydrogen) atoms. The maximum Gasteiger partial charge on any atom is 0.414 e. The Balaban J connectivity index is 1.56. The van der Waals surface area contributed by atoms with Crippen molar-refractivity contribution in [3.63, 3.8) is 0 Å². The maximum absolute atomic E-state index is 13.7. The summed E-state index contributed by atoms with van der Waals surface area (Å²) in [6.45, 7) is 0.740. The molecule has 1 saturated carbocycles. The molecule has 1 aliphatic carbocycles. The van der Waals surface area contributed by atoms with Crippen LogP contribution in [0.4, 0.5) is 10.5 Å². The summed E-state index contributed by atoms with van der Waals surface area (Å²) in [6.07, 6.45) is 8.95. The fraction of sp³-hybridized carbons (Fsp3) is 0.393. The molecule has 2 atom stereocenters. The Morgan fingerprint density at radius 1 is 1.19 bits per heavy atom. The number of aliphatic hydroxyl groups is 1. The van der Waals surface area contributed by atoms with Crippen molar-refractivity contribution >= 4 is 28.8 Å². The second-order valence-electron chi connectivity index (χ2n) is 9.94. The number of carbonyl (C=O) groups excluding carboxylic acids is 1. The topological polar surface area (TPSA) is 87.9 Å². The Labute approximate surface area is 210 Å². The van der Waals surface area contributed by atoms with Crippen molar-refractivity contribution in [3.05, 3.63) is 69.8 Å². The van der Waals surface area contributed by atoms with Gasteiger partial charge in [-0.05, 0) is 48.6 Å². The number of hydrogen-bond donors (Lipinski definition) is 1. The van der Waals surface area contributed by atoms with Crippen molar-refractivity contribution in [1.82, 2.24) is 14.5 Å². The van der Waals surface area contributed by atoms with E-state index in [1.165, 1.54) is 4.90 Å². The third kappa shape index (κ3) is 4.48. The first-order valence-electron chi connectivity index (χ1n) is 12.4. The SMILES string of the molecule is CN(C)C(=O)Oc1ccc(Cc2cc3c(=O)n([C@H]4CCCC[C@@H]4O)cnc3c3c2C=CCN3C)cc1. The molecule has 0 unspecified atom stereocenters. The number of benzene rings is 2. The first-order chi connectivity index (χ1) is 17.3. The van der Waals surface area contributed by atoms with Crippen molar-refractivity contribution in [2.24, 2.45) is 0 Å². The van der Waals surface area contributed by atoms with Gasteiger partial charge in [-0.3, -0.25) is 9.36 Å². The Hall–Kier alpha value is -3.65. The summed E-state index contributed by atoms with van der Waals surface area (Å²) in [5.41, 5.74) is 4.66. The number of carbonyl (C=O) groups is 1. The minimum Gasteiger partial charge on any atom is -0.410 e. The zero-order valence-corrected chi connectivity index (χ0v) is 21.0. The second kappa shape index (κ2) is 9.78. The molecule has 8 heteroatoms. The van der Waals surface area contributed by atoms with Crippen LogP contribution in [-0.4, -0.2) is 59.4 Å². The van der Waals surface area contributed by atoms with E-state index in [2.05, 4.69) is 17.1 Å². The molecule has 0 bridgehead atoms. The zero-order chi connectivity index (χ0) is 25.4. The molecule has 1 aromatic heterocycles. The molecule has 1 fully saturated rings. The number of anilines is 1. The average molecular weight is 489 g/mol. The smallest absolute Gasteiger partial charge is 0.410 e. The van der Waals surface area contributed by atoms with Crippen molar-refractivity contribution in [2.45, 2.75) is 44.2 Å². The number of hydrogen-bond acceptors (Lipinski definition) is 6. The first kappa shape index (κ1) is 24.1. The summed E-state index contributed by atoms with van der Waals surface area (Å²) < 4.78 is 6.97. The predicted octanol–water partition coefficient (Wildman–Crippen LogP) is 3.99. The molecule has 2 aromatic carbocycles. The third-order valence-corrected chi connectivity index (χ3v) is 7.16. The van der Waals surface area contributed by atoms with Crippen LogP contribution in [0.25, 0.3) is 17.0 Å². The van der Waals surface area contributed by atoms with Gasteiger partial charge in [0.25, 0.3) is 5.56 Å². The maximum atomic E-state index is 13.7. The fourth-order valence-electron chi connectivity index (χ4n) is 5.21. The van der Waals surface area contributed by atoms with Crippen LogP contribution in [0.3, 0.4) is 0 Å². The molecule has 2 heterocycles. The molecule has 0 radical (unpaired) electrons. The fourth-order valence-corrected chi connectivity index (χ4v) is 5.21. The van der Waals surface area contributed by atoms with Crippen molar-refractivity contribution < 1.29 is 14.6 Å². The van der Waals surface area contributed by atoms with E-state index in [4.69, 9.17) is 9.72 Å². The van der Waals surface area contributed by atoms with Crippen LogP contribution < -0.4 is 15.2 Å². The highest BCUT2D eigenvalue weighted by Crippen LogP contribution is 2.36. The summed E-state index contributed by atoms with van der Waals surface area (Å²) >= 11 is 0. The molecule has 188 valence electrons. The lowest BCUT2D eigenvalue weighted by molar-refractivity contribution is 0.0735. The number of nitrogens with zero attached hydrogens (tertiary/aromatic N) is 4. The molecule has 0 saturated heterocycles. The van der Waals surface area contributed by atoms with Crippen LogP contribution in [0.15, 0.2) is 47.5 Å². The van der Waals surface area contributed by atoms with E-state index in [0.717, 1.165) is 48.2 Å². The predicted molar refractivity (Wildman–Crippen MR) is 141 cm³/mol. The lowest BCUT2D eigenvalue weighted by atomic mass is 9.91. The highest BCUT2D eigenvalue weighted by Gasteiger charge is 2.27. The molecule has 1 aliphatic heterocycles. The number of aliphatic hydroxyl groups excluding tert-OH is 1. The van der Waals surface area contributed by atoms with E-state index in [0.29, 0.717) is 29.5 Å². The van der Waals surface area contributed by atoms with Crippen LogP contribution in [-0.2, 0) is 6.42 Å². The van der Waals surface area contributed by atoms with E-state index in [1.807, 2.05) is 25.2 Å². The number of likely N-dealkylation sites (N-methyl/N-ethyl adjacent to an activating group) is 1. The Morgan fingerprint density at radius 2 is 1.94 bits per heavy atom. The van der Waals surface area contributed by atoms with E-state index >= 15 is 0 Å². The van der Waals surface area contributed by atoms with Gasteiger partial charge in [0.05, 0.1) is 29.5 Å². The van der Waals surface area contributed by atoms with Crippen molar-refractivity contribution in [2.75, 3.05) is 32.6 Å². The molecule has 1 amide bonds. The molecule has 1 N–H and O–H groups in total. The van der Waals surface area contributed by atoms with Crippen molar-refractivity contribution in [3.8, 4) is 5.75 Å². The van der Waals surface area contributed by atoms with Crippen LogP contribution >= 0.6 is 0 Å². The van der Waals surface area contributed by atoms with Gasteiger partial charge in [0.1, 0.15) is 11.3 Å². The largest absolute Gasteiger partial charge is 0.414 e. The Bertz CT molecular complexity index is 1380. The van der Waals surface area contributed by atoms with Gasteiger partial charge in [-0.25, -0.2) is 9.78 Å². The highest BCUT2D eigenvalue weighted by atomic mass is 16.6. The number of aromatic nitrogens is 2. The number of amides is 1. The lowest BCUT2D eigenvalue weighted by Crippen LogP contribution is -2.35. The molecule has 8 nitrogen and oxygen atoms in total. The first-order valence-corrected chi connectivity index (χ1v) is 12.4. The third-order valence-electron chi connectivity index (χ3n) is 7.16. The van der Waals surface area contributed by atoms with Gasteiger partial charge in [0.15, 0.2) is 0 Å². The monoisotopic (exact) mass is 488 g/mol.